The highest BCUT2D eigenvalue weighted by Crippen LogP contribution is 1.96. The third-order valence-corrected chi connectivity index (χ3v) is 2.92. The molecule has 0 saturated heterocycles. The van der Waals surface area contributed by atoms with Gasteiger partial charge in [0.15, 0.2) is 4.90 Å². The molecule has 0 unspecified atom stereocenters. The molecule has 0 aliphatic heterocycles. The van der Waals surface area contributed by atoms with Gasteiger partial charge >= 0.3 is 5.69 Å². The second kappa shape index (κ2) is 4.28. The number of aromatic amines is 2. The molecule has 0 aliphatic rings. The molecule has 0 aliphatic carbocycles. The number of aromatic nitrogens is 2. The highest BCUT2D eigenvalue weighted by molar-refractivity contribution is 7.89. The summed E-state index contributed by atoms with van der Waals surface area (Å²) in [6.07, 6.45) is 0.727. The van der Waals surface area contributed by atoms with Crippen LogP contribution in [0.4, 0.5) is 0 Å². The maximum atomic E-state index is 11.4. The fraction of sp³-hybridized carbons (Fsp3) is 0.167. The largest absolute Gasteiger partial charge is 0.369 e. The highest BCUT2D eigenvalue weighted by atomic mass is 32.2. The van der Waals surface area contributed by atoms with Crippen LogP contribution in [0.1, 0.15) is 0 Å². The van der Waals surface area contributed by atoms with E-state index in [1.54, 1.807) is 9.71 Å². The Bertz CT molecular complexity index is 612. The molecule has 0 atom stereocenters. The monoisotopic (exact) mass is 248 g/mol. The number of nitrogens with two attached hydrogens (primary N) is 1. The number of hydrogen-bond acceptors (Lipinski definition) is 5. The minimum atomic E-state index is -4.17. The summed E-state index contributed by atoms with van der Waals surface area (Å²) < 4.78 is 24.6. The quantitative estimate of drug-likeness (QED) is 0.442. The summed E-state index contributed by atoms with van der Waals surface area (Å²) in [5.41, 5.74) is 2.81. The molecule has 1 amide bonds. The number of primary amides is 1. The Morgan fingerprint density at radius 3 is 2.56 bits per heavy atom. The zero-order valence-corrected chi connectivity index (χ0v) is 8.63. The van der Waals surface area contributed by atoms with Crippen molar-refractivity contribution in [1.82, 2.24) is 14.7 Å². The van der Waals surface area contributed by atoms with E-state index in [1.165, 1.54) is 0 Å². The first-order valence-electron chi connectivity index (χ1n) is 3.93. The second-order valence-electron chi connectivity index (χ2n) is 2.73. The minimum Gasteiger partial charge on any atom is -0.369 e. The van der Waals surface area contributed by atoms with Crippen molar-refractivity contribution in [2.45, 2.75) is 4.90 Å². The number of amides is 1. The Balaban J connectivity index is 3.13. The van der Waals surface area contributed by atoms with Crippen molar-refractivity contribution in [1.29, 1.82) is 0 Å². The Morgan fingerprint density at radius 2 is 2.06 bits per heavy atom. The molecular weight excluding hydrogens is 240 g/mol. The van der Waals surface area contributed by atoms with Gasteiger partial charge in [-0.1, -0.05) is 0 Å². The van der Waals surface area contributed by atoms with Gasteiger partial charge in [-0.05, 0) is 0 Å². The van der Waals surface area contributed by atoms with Gasteiger partial charge in [-0.25, -0.2) is 17.9 Å². The Morgan fingerprint density at radius 1 is 1.44 bits per heavy atom. The lowest BCUT2D eigenvalue weighted by molar-refractivity contribution is -0.116. The molecule has 1 aromatic heterocycles. The third kappa shape index (κ3) is 2.77. The van der Waals surface area contributed by atoms with Crippen molar-refractivity contribution in [3.63, 3.8) is 0 Å². The topological polar surface area (TPSA) is 155 Å². The normalized spacial score (nSPS) is 11.2. The van der Waals surface area contributed by atoms with E-state index in [0.717, 1.165) is 6.20 Å². The standard InChI is InChI=1S/C6H8N4O5S/c7-4(11)2-9-16(14,15)3-1-8-6(13)10-5(3)12/h1,9H,2H2,(H2,7,11)(H2,8,10,12,13). The van der Waals surface area contributed by atoms with Crippen LogP contribution in [-0.2, 0) is 14.8 Å². The van der Waals surface area contributed by atoms with E-state index in [1.807, 2.05) is 4.98 Å². The number of H-pyrrole nitrogens is 2. The predicted octanol–water partition coefficient (Wildman–Crippen LogP) is -3.17. The predicted molar refractivity (Wildman–Crippen MR) is 52.1 cm³/mol. The lowest BCUT2D eigenvalue weighted by Crippen LogP contribution is -2.37. The summed E-state index contributed by atoms with van der Waals surface area (Å²) in [5, 5.41) is 0. The lowest BCUT2D eigenvalue weighted by atomic mass is 10.7. The molecule has 0 spiro atoms. The zero-order valence-electron chi connectivity index (χ0n) is 7.81. The molecular formula is C6H8N4O5S. The van der Waals surface area contributed by atoms with Gasteiger partial charge in [-0.2, -0.15) is 0 Å². The SMILES string of the molecule is NC(=O)CNS(=O)(=O)c1c[nH]c(=O)[nH]c1=O. The van der Waals surface area contributed by atoms with Crippen molar-refractivity contribution < 1.29 is 13.2 Å². The van der Waals surface area contributed by atoms with Gasteiger partial charge in [0, 0.05) is 6.20 Å². The van der Waals surface area contributed by atoms with Crippen LogP contribution < -0.4 is 21.7 Å². The van der Waals surface area contributed by atoms with Crippen molar-refractivity contribution in [2.75, 3.05) is 6.54 Å². The molecule has 5 N–H and O–H groups in total. The van der Waals surface area contributed by atoms with Gasteiger partial charge in [-0.15, -0.1) is 0 Å². The van der Waals surface area contributed by atoms with E-state index >= 15 is 0 Å². The maximum absolute atomic E-state index is 11.4. The number of sulfonamides is 1. The van der Waals surface area contributed by atoms with Gasteiger partial charge in [-0.3, -0.25) is 14.6 Å². The number of carbonyl (C=O) groups is 1. The number of nitrogens with one attached hydrogen (secondary N) is 3. The van der Waals surface area contributed by atoms with Crippen molar-refractivity contribution in [3.8, 4) is 0 Å². The number of carbonyl (C=O) groups excluding carboxylic acids is 1. The lowest BCUT2D eigenvalue weighted by Gasteiger charge is -2.02. The molecule has 0 radical (unpaired) electrons. The third-order valence-electron chi connectivity index (χ3n) is 1.51. The Kier molecular flexibility index (Phi) is 3.25. The summed E-state index contributed by atoms with van der Waals surface area (Å²) in [4.78, 5) is 35.1. The first-order valence-corrected chi connectivity index (χ1v) is 5.41. The molecule has 1 aromatic rings. The van der Waals surface area contributed by atoms with Gasteiger partial charge in [0.25, 0.3) is 5.56 Å². The van der Waals surface area contributed by atoms with Crippen LogP contribution in [0.5, 0.6) is 0 Å². The van der Waals surface area contributed by atoms with E-state index in [4.69, 9.17) is 5.73 Å². The fourth-order valence-corrected chi connectivity index (χ4v) is 1.84. The number of hydrogen-bond donors (Lipinski definition) is 4. The molecule has 0 aromatic carbocycles. The fourth-order valence-electron chi connectivity index (χ4n) is 0.841. The molecule has 9 nitrogen and oxygen atoms in total. The van der Waals surface area contributed by atoms with Crippen LogP contribution in [0, 0.1) is 0 Å². The van der Waals surface area contributed by atoms with Gasteiger partial charge in [0.05, 0.1) is 6.54 Å². The molecule has 88 valence electrons. The smallest absolute Gasteiger partial charge is 0.325 e. The first-order chi connectivity index (χ1) is 7.33. The highest BCUT2D eigenvalue weighted by Gasteiger charge is 2.18. The van der Waals surface area contributed by atoms with Crippen molar-refractivity contribution in [2.24, 2.45) is 5.73 Å². The molecule has 0 bridgehead atoms. The Hall–Kier alpha value is -1.94. The van der Waals surface area contributed by atoms with E-state index in [9.17, 15) is 22.8 Å². The average Bonchev–Trinajstić information content (AvgIpc) is 2.14. The van der Waals surface area contributed by atoms with E-state index in [2.05, 4.69) is 0 Å². The first kappa shape index (κ1) is 12.1. The van der Waals surface area contributed by atoms with Gasteiger partial charge < -0.3 is 10.7 Å². The summed E-state index contributed by atoms with van der Waals surface area (Å²) in [5.74, 6) is -0.899. The molecule has 10 heteroatoms. The number of rotatable bonds is 4. The van der Waals surface area contributed by atoms with Gasteiger partial charge in [0.2, 0.25) is 15.9 Å². The average molecular weight is 248 g/mol. The van der Waals surface area contributed by atoms with E-state index in [0.29, 0.717) is 0 Å². The minimum absolute atomic E-state index is 0.638. The summed E-state index contributed by atoms with van der Waals surface area (Å²) in [6.45, 7) is -0.638. The molecule has 0 saturated carbocycles. The maximum Gasteiger partial charge on any atom is 0.325 e. The van der Waals surface area contributed by atoms with Crippen LogP contribution >= 0.6 is 0 Å². The van der Waals surface area contributed by atoms with Crippen molar-refractivity contribution in [3.05, 3.63) is 27.0 Å². The molecule has 1 rings (SSSR count). The molecule has 16 heavy (non-hydrogen) atoms. The molecule has 1 heterocycles. The summed E-state index contributed by atoms with van der Waals surface area (Å²) in [6, 6.07) is 0. The molecule has 0 fully saturated rings. The van der Waals surface area contributed by atoms with Crippen LogP contribution in [0.15, 0.2) is 20.7 Å². The summed E-state index contributed by atoms with van der Waals surface area (Å²) >= 11 is 0. The Labute approximate surface area is 88.7 Å². The van der Waals surface area contributed by atoms with E-state index < -0.39 is 38.6 Å². The van der Waals surface area contributed by atoms with E-state index in [-0.39, 0.29) is 0 Å². The van der Waals surface area contributed by atoms with Crippen LogP contribution in [0.2, 0.25) is 0 Å². The van der Waals surface area contributed by atoms with Gasteiger partial charge in [0.1, 0.15) is 0 Å². The van der Waals surface area contributed by atoms with Crippen LogP contribution in [0.25, 0.3) is 0 Å². The second-order valence-corrected chi connectivity index (χ2v) is 4.46. The summed E-state index contributed by atoms with van der Waals surface area (Å²) in [7, 11) is -4.17. The zero-order chi connectivity index (χ0) is 12.3. The van der Waals surface area contributed by atoms with Crippen LogP contribution in [-0.4, -0.2) is 30.8 Å². The van der Waals surface area contributed by atoms with Crippen molar-refractivity contribution >= 4 is 15.9 Å². The van der Waals surface area contributed by atoms with Crippen LogP contribution in [0.3, 0.4) is 0 Å².